The van der Waals surface area contributed by atoms with Crippen molar-refractivity contribution in [1.82, 2.24) is 10.2 Å². The number of hydrogen-bond acceptors (Lipinski definition) is 4. The van der Waals surface area contributed by atoms with Crippen molar-refractivity contribution in [2.45, 2.75) is 31.2 Å². The molecule has 8 heteroatoms. The van der Waals surface area contributed by atoms with Crippen LogP contribution in [0.2, 0.25) is 0 Å². The van der Waals surface area contributed by atoms with E-state index in [0.717, 1.165) is 22.6 Å². The topological polar surface area (TPSA) is 80.0 Å². The van der Waals surface area contributed by atoms with Crippen LogP contribution in [0.1, 0.15) is 42.0 Å². The summed E-state index contributed by atoms with van der Waals surface area (Å²) in [7, 11) is 1.51. The maximum atomic E-state index is 13.7. The van der Waals surface area contributed by atoms with Gasteiger partial charge >= 0.3 is 0 Å². The zero-order valence-electron chi connectivity index (χ0n) is 17.2. The fourth-order valence-corrected chi connectivity index (χ4v) is 4.94. The highest BCUT2D eigenvalue weighted by atomic mass is 32.1. The van der Waals surface area contributed by atoms with Crippen LogP contribution >= 0.6 is 11.3 Å². The zero-order valence-corrected chi connectivity index (χ0v) is 18.0. The summed E-state index contributed by atoms with van der Waals surface area (Å²) in [6.45, 7) is 2.65. The van der Waals surface area contributed by atoms with Crippen LogP contribution in [0.15, 0.2) is 47.8 Å². The number of amides is 1. The van der Waals surface area contributed by atoms with E-state index < -0.39 is 17.4 Å². The second-order valence-electron chi connectivity index (χ2n) is 7.99. The van der Waals surface area contributed by atoms with Crippen molar-refractivity contribution in [2.24, 2.45) is 0 Å². The van der Waals surface area contributed by atoms with Gasteiger partial charge in [0.25, 0.3) is 5.92 Å². The van der Waals surface area contributed by atoms with Gasteiger partial charge in [0.15, 0.2) is 5.96 Å². The first-order valence-corrected chi connectivity index (χ1v) is 10.5. The van der Waals surface area contributed by atoms with Gasteiger partial charge in [0.05, 0.1) is 17.0 Å². The zero-order chi connectivity index (χ0) is 22.6. The summed E-state index contributed by atoms with van der Waals surface area (Å²) in [6, 6.07) is 13.6. The monoisotopic (exact) mass is 438 g/mol. The van der Waals surface area contributed by atoms with Crippen molar-refractivity contribution < 1.29 is 13.6 Å². The van der Waals surface area contributed by atoms with Gasteiger partial charge in [0.1, 0.15) is 6.07 Å². The van der Waals surface area contributed by atoms with E-state index >= 15 is 0 Å². The first kappa shape index (κ1) is 20.9. The predicted molar refractivity (Wildman–Crippen MR) is 116 cm³/mol. The Morgan fingerprint density at radius 3 is 2.55 bits per heavy atom. The van der Waals surface area contributed by atoms with Crippen molar-refractivity contribution in [3.05, 3.63) is 70.1 Å². The largest absolute Gasteiger partial charge is 0.346 e. The maximum Gasteiger partial charge on any atom is 0.270 e. The molecule has 1 aliphatic rings. The van der Waals surface area contributed by atoms with E-state index in [1.807, 2.05) is 25.1 Å². The molecule has 0 radical (unpaired) electrons. The highest BCUT2D eigenvalue weighted by Crippen LogP contribution is 2.43. The van der Waals surface area contributed by atoms with Crippen LogP contribution in [0.4, 0.5) is 8.78 Å². The lowest BCUT2D eigenvalue weighted by Crippen LogP contribution is -2.62. The van der Waals surface area contributed by atoms with Crippen LogP contribution in [0.3, 0.4) is 0 Å². The molecule has 3 aromatic rings. The summed E-state index contributed by atoms with van der Waals surface area (Å²) in [5.41, 5.74) is 0.702. The average Bonchev–Trinajstić information content (AvgIpc) is 3.14. The standard InChI is InChI=1S/C23H20F2N4OS/c1-22(16-8-9-18-17(10-16)14(11-26)12-31-18)19(20(30)29(3)21(27)28-22)13-4-6-15(7-5-13)23(2,24)25/h4-10,12,19H,1-3H3,(H2,27,28)/t19-,22-/m1/s1. The van der Waals surface area contributed by atoms with Crippen LogP contribution in [0, 0.1) is 16.7 Å². The summed E-state index contributed by atoms with van der Waals surface area (Å²) in [6.07, 6.45) is 0. The highest BCUT2D eigenvalue weighted by molar-refractivity contribution is 7.17. The molecule has 1 amide bonds. The van der Waals surface area contributed by atoms with E-state index in [2.05, 4.69) is 11.4 Å². The molecule has 0 saturated carbocycles. The third kappa shape index (κ3) is 3.35. The number of benzene rings is 2. The van der Waals surface area contributed by atoms with E-state index in [4.69, 9.17) is 5.41 Å². The van der Waals surface area contributed by atoms with Gasteiger partial charge in [-0.2, -0.15) is 5.26 Å². The Labute approximate surface area is 182 Å². The molecule has 0 unspecified atom stereocenters. The molecule has 0 aliphatic carbocycles. The summed E-state index contributed by atoms with van der Waals surface area (Å²) in [4.78, 5) is 14.5. The summed E-state index contributed by atoms with van der Waals surface area (Å²) >= 11 is 1.46. The minimum absolute atomic E-state index is 0.0496. The van der Waals surface area contributed by atoms with Crippen LogP contribution in [0.25, 0.3) is 10.1 Å². The lowest BCUT2D eigenvalue weighted by molar-refractivity contribution is -0.131. The number of rotatable bonds is 3. The number of nitrogens with zero attached hydrogens (tertiary/aromatic N) is 2. The van der Waals surface area contributed by atoms with Crippen molar-refractivity contribution in [2.75, 3.05) is 7.05 Å². The Morgan fingerprint density at radius 2 is 1.94 bits per heavy atom. The fraction of sp³-hybridized carbons (Fsp3) is 0.261. The van der Waals surface area contributed by atoms with Crippen molar-refractivity contribution >= 4 is 33.3 Å². The summed E-state index contributed by atoms with van der Waals surface area (Å²) in [5.74, 6) is -4.10. The summed E-state index contributed by atoms with van der Waals surface area (Å²) < 4.78 is 28.3. The number of fused-ring (bicyclic) bond motifs is 1. The number of hydrogen-bond donors (Lipinski definition) is 2. The number of thiophene rings is 1. The molecule has 2 aromatic carbocycles. The Kier molecular flexibility index (Phi) is 4.82. The highest BCUT2D eigenvalue weighted by Gasteiger charge is 2.48. The van der Waals surface area contributed by atoms with Gasteiger partial charge in [-0.1, -0.05) is 30.3 Å². The maximum absolute atomic E-state index is 13.7. The van der Waals surface area contributed by atoms with Crippen LogP contribution < -0.4 is 5.32 Å². The molecule has 2 atom stereocenters. The third-order valence-electron chi connectivity index (χ3n) is 5.91. The number of nitrogens with one attached hydrogen (secondary N) is 2. The molecule has 2 N–H and O–H groups in total. The second-order valence-corrected chi connectivity index (χ2v) is 8.90. The van der Waals surface area contributed by atoms with Gasteiger partial charge in [0, 0.05) is 35.0 Å². The van der Waals surface area contributed by atoms with Crippen molar-refractivity contribution in [1.29, 1.82) is 10.7 Å². The molecule has 158 valence electrons. The molecule has 31 heavy (non-hydrogen) atoms. The second kappa shape index (κ2) is 7.13. The van der Waals surface area contributed by atoms with E-state index in [-0.39, 0.29) is 17.4 Å². The van der Waals surface area contributed by atoms with E-state index in [9.17, 15) is 18.8 Å². The van der Waals surface area contributed by atoms with E-state index in [1.54, 1.807) is 17.5 Å². The quantitative estimate of drug-likeness (QED) is 0.612. The van der Waals surface area contributed by atoms with Gasteiger partial charge < -0.3 is 5.32 Å². The molecule has 5 nitrogen and oxygen atoms in total. The number of likely N-dealkylation sites (N-methyl/N-ethyl adjacent to an activating group) is 1. The lowest BCUT2D eigenvalue weighted by atomic mass is 9.73. The van der Waals surface area contributed by atoms with Gasteiger partial charge in [-0.05, 0) is 30.2 Å². The number of carbonyl (C=O) groups is 1. The Hall–Kier alpha value is -3.31. The van der Waals surface area contributed by atoms with Crippen LogP contribution in [-0.4, -0.2) is 23.8 Å². The molecule has 1 fully saturated rings. The Bertz CT molecular complexity index is 1240. The number of halogens is 2. The van der Waals surface area contributed by atoms with Crippen LogP contribution in [-0.2, 0) is 16.3 Å². The third-order valence-corrected chi connectivity index (χ3v) is 6.88. The number of alkyl halides is 2. The molecule has 4 rings (SSSR count). The Morgan fingerprint density at radius 1 is 1.26 bits per heavy atom. The van der Waals surface area contributed by atoms with Gasteiger partial charge in [-0.25, -0.2) is 8.78 Å². The van der Waals surface area contributed by atoms with Gasteiger partial charge in [-0.3, -0.25) is 15.1 Å². The predicted octanol–water partition coefficient (Wildman–Crippen LogP) is 4.88. The van der Waals surface area contributed by atoms with E-state index in [0.29, 0.717) is 11.1 Å². The Balaban J connectivity index is 1.88. The molecule has 2 heterocycles. The molecule has 1 saturated heterocycles. The molecule has 1 aliphatic heterocycles. The molecule has 0 spiro atoms. The van der Waals surface area contributed by atoms with Gasteiger partial charge in [0.2, 0.25) is 5.91 Å². The van der Waals surface area contributed by atoms with Gasteiger partial charge in [-0.15, -0.1) is 11.3 Å². The van der Waals surface area contributed by atoms with E-state index in [1.165, 1.54) is 35.4 Å². The molecular formula is C23H20F2N4OS. The molecular weight excluding hydrogens is 418 g/mol. The normalized spacial score (nSPS) is 21.8. The number of guanidine groups is 1. The lowest BCUT2D eigenvalue weighted by Gasteiger charge is -2.46. The average molecular weight is 439 g/mol. The number of nitriles is 1. The fourth-order valence-electron chi connectivity index (χ4n) is 4.07. The first-order chi connectivity index (χ1) is 14.6. The first-order valence-electron chi connectivity index (χ1n) is 9.60. The molecule has 0 bridgehead atoms. The number of carbonyl (C=O) groups excluding carboxylic acids is 1. The minimum atomic E-state index is -2.98. The SMILES string of the molecule is CN1C(=N)N[C@](C)(c2ccc3scc(C#N)c3c2)[C@H](c2ccc(C(C)(F)F)cc2)C1=O. The van der Waals surface area contributed by atoms with Crippen molar-refractivity contribution in [3.8, 4) is 6.07 Å². The van der Waals surface area contributed by atoms with Crippen molar-refractivity contribution in [3.63, 3.8) is 0 Å². The minimum Gasteiger partial charge on any atom is -0.346 e. The molecule has 1 aromatic heterocycles. The van der Waals surface area contributed by atoms with Crippen LogP contribution in [0.5, 0.6) is 0 Å². The smallest absolute Gasteiger partial charge is 0.270 e. The summed E-state index contributed by atoms with van der Waals surface area (Å²) in [5, 5.41) is 23.4.